The number of benzene rings is 2. The Bertz CT molecular complexity index is 1640. The molecule has 3 atom stereocenters. The van der Waals surface area contributed by atoms with Gasteiger partial charge in [-0.05, 0) is 52.4 Å². The maximum absolute atomic E-state index is 15.1. The molecule has 0 aliphatic heterocycles. The van der Waals surface area contributed by atoms with E-state index in [0.29, 0.717) is 12.5 Å². The number of carboxylic acids is 1. The molecule has 1 fully saturated rings. The molecule has 1 saturated carbocycles. The number of hydrogen-bond donors (Lipinski definition) is 1. The number of aliphatic carboxylic acids is 1. The number of alkyl halides is 3. The summed E-state index contributed by atoms with van der Waals surface area (Å²) in [6.07, 6.45) is -2.88. The van der Waals surface area contributed by atoms with Crippen LogP contribution in [0.15, 0.2) is 42.6 Å². The Balaban J connectivity index is 1.29. The maximum atomic E-state index is 15.1. The highest BCUT2D eigenvalue weighted by molar-refractivity contribution is 5.78. The lowest BCUT2D eigenvalue weighted by atomic mass is 9.95. The van der Waals surface area contributed by atoms with E-state index in [1.807, 2.05) is 0 Å². The zero-order valence-electron chi connectivity index (χ0n) is 20.1. The minimum atomic E-state index is -4.96. The second-order valence-electron chi connectivity index (χ2n) is 9.55. The van der Waals surface area contributed by atoms with Crippen LogP contribution in [0.2, 0.25) is 0 Å². The first kappa shape index (κ1) is 24.9. The van der Waals surface area contributed by atoms with Gasteiger partial charge in [0, 0.05) is 34.9 Å². The van der Waals surface area contributed by atoms with Crippen LogP contribution in [0.1, 0.15) is 28.2 Å². The van der Waals surface area contributed by atoms with Crippen molar-refractivity contribution in [3.63, 3.8) is 0 Å². The number of ether oxygens (including phenoxy) is 1. The van der Waals surface area contributed by atoms with Crippen LogP contribution in [0, 0.1) is 23.5 Å². The molecule has 39 heavy (non-hydrogen) atoms. The van der Waals surface area contributed by atoms with Gasteiger partial charge in [0.2, 0.25) is 11.7 Å². The van der Waals surface area contributed by atoms with Crippen molar-refractivity contribution in [1.29, 1.82) is 0 Å². The lowest BCUT2D eigenvalue weighted by molar-refractivity contribution is -0.139. The van der Waals surface area contributed by atoms with Crippen LogP contribution in [0.4, 0.5) is 22.0 Å². The highest BCUT2D eigenvalue weighted by Crippen LogP contribution is 2.61. The Labute approximate surface area is 217 Å². The molecular weight excluding hydrogens is 525 g/mol. The van der Waals surface area contributed by atoms with E-state index in [9.17, 15) is 27.5 Å². The first-order chi connectivity index (χ1) is 18.5. The van der Waals surface area contributed by atoms with E-state index in [-0.39, 0.29) is 40.2 Å². The van der Waals surface area contributed by atoms with E-state index in [4.69, 9.17) is 4.74 Å². The minimum absolute atomic E-state index is 0.00969. The van der Waals surface area contributed by atoms with Gasteiger partial charge in [0.25, 0.3) is 0 Å². The number of aromatic nitrogens is 5. The Kier molecular flexibility index (Phi) is 5.63. The van der Waals surface area contributed by atoms with E-state index >= 15 is 4.39 Å². The predicted octanol–water partition coefficient (Wildman–Crippen LogP) is 4.79. The summed E-state index contributed by atoms with van der Waals surface area (Å²) in [4.78, 5) is 16.6. The molecule has 0 spiro atoms. The van der Waals surface area contributed by atoms with Crippen molar-refractivity contribution in [2.24, 2.45) is 18.9 Å². The number of hydrogen-bond acceptors (Lipinski definition) is 6. The SMILES string of the molecule is Cn1nnc(-c2ccc(-c3cc(COc4cc5c(cn4)[C@H]4[C@@H](C5)[C@@H]4C(=O)O)c(F)cc3C(F)(F)F)c(F)c2)n1. The normalized spacial score (nSPS) is 19.5. The first-order valence-electron chi connectivity index (χ1n) is 11.8. The van der Waals surface area contributed by atoms with E-state index in [2.05, 4.69) is 20.4 Å². The average molecular weight is 543 g/mol. The van der Waals surface area contributed by atoms with Crippen molar-refractivity contribution in [2.75, 3.05) is 0 Å². The van der Waals surface area contributed by atoms with Crippen LogP contribution in [0.5, 0.6) is 5.88 Å². The summed E-state index contributed by atoms with van der Waals surface area (Å²) in [5.74, 6) is -3.28. The number of carbonyl (C=O) groups is 1. The third-order valence-electron chi connectivity index (χ3n) is 7.16. The topological polar surface area (TPSA) is 103 Å². The van der Waals surface area contributed by atoms with Crippen molar-refractivity contribution in [3.05, 3.63) is 76.5 Å². The third-order valence-corrected chi connectivity index (χ3v) is 7.16. The van der Waals surface area contributed by atoms with Crippen molar-refractivity contribution in [3.8, 4) is 28.4 Å². The van der Waals surface area contributed by atoms with Crippen molar-refractivity contribution in [2.45, 2.75) is 25.1 Å². The fourth-order valence-corrected chi connectivity index (χ4v) is 5.29. The standard InChI is InChI=1S/C26H18F5N5O3/c1-36-34-24(33-35-36)11-2-3-14(20(28)6-11)15-5-13(19(27)8-18(15)26(29,30)31)10-39-21-7-12-4-16-22(17(12)9-32-21)23(16)25(37)38/h2-3,5-9,16,22-23H,4,10H2,1H3,(H,37,38)/t16-,22-,23+/m1/s1. The van der Waals surface area contributed by atoms with Crippen molar-refractivity contribution >= 4 is 5.97 Å². The number of nitrogens with zero attached hydrogens (tertiary/aromatic N) is 5. The summed E-state index contributed by atoms with van der Waals surface area (Å²) < 4.78 is 76.9. The molecule has 2 aliphatic carbocycles. The molecule has 8 nitrogen and oxygen atoms in total. The smallest absolute Gasteiger partial charge is 0.417 e. The lowest BCUT2D eigenvalue weighted by Crippen LogP contribution is -2.11. The molecule has 13 heteroatoms. The van der Waals surface area contributed by atoms with Gasteiger partial charge < -0.3 is 9.84 Å². The van der Waals surface area contributed by atoms with Crippen LogP contribution in [-0.2, 0) is 31.0 Å². The van der Waals surface area contributed by atoms with Crippen LogP contribution in [0.25, 0.3) is 22.5 Å². The molecule has 4 aromatic rings. The molecule has 2 aromatic carbocycles. The molecule has 2 heterocycles. The highest BCUT2D eigenvalue weighted by atomic mass is 19.4. The average Bonchev–Trinajstić information content (AvgIpc) is 3.20. The number of fused-ring (bicyclic) bond motifs is 3. The Hall–Kier alpha value is -4.42. The van der Waals surface area contributed by atoms with E-state index < -0.39 is 47.4 Å². The molecule has 0 radical (unpaired) electrons. The zero-order valence-corrected chi connectivity index (χ0v) is 20.1. The largest absolute Gasteiger partial charge is 0.481 e. The lowest BCUT2D eigenvalue weighted by Gasteiger charge is -2.17. The minimum Gasteiger partial charge on any atom is -0.481 e. The number of pyridine rings is 1. The van der Waals surface area contributed by atoms with Crippen molar-refractivity contribution in [1.82, 2.24) is 25.2 Å². The molecule has 0 bridgehead atoms. The van der Waals surface area contributed by atoms with E-state index in [1.165, 1.54) is 19.3 Å². The molecule has 200 valence electrons. The molecule has 0 saturated heterocycles. The Morgan fingerprint density at radius 2 is 1.92 bits per heavy atom. The Morgan fingerprint density at radius 3 is 2.59 bits per heavy atom. The van der Waals surface area contributed by atoms with Gasteiger partial charge in [0.1, 0.15) is 18.2 Å². The summed E-state index contributed by atoms with van der Waals surface area (Å²) in [6.45, 7) is -0.462. The van der Waals surface area contributed by atoms with Crippen LogP contribution in [0.3, 0.4) is 0 Å². The number of carboxylic acid groups (broad SMARTS) is 1. The van der Waals surface area contributed by atoms with Gasteiger partial charge in [-0.15, -0.1) is 10.2 Å². The van der Waals surface area contributed by atoms with Crippen LogP contribution >= 0.6 is 0 Å². The van der Waals surface area contributed by atoms with Gasteiger partial charge in [0.15, 0.2) is 0 Å². The number of rotatable bonds is 6. The van der Waals surface area contributed by atoms with Gasteiger partial charge in [0.05, 0.1) is 18.5 Å². The fourth-order valence-electron chi connectivity index (χ4n) is 5.29. The monoisotopic (exact) mass is 543 g/mol. The maximum Gasteiger partial charge on any atom is 0.417 e. The number of halogens is 5. The molecule has 1 N–H and O–H groups in total. The molecule has 2 aromatic heterocycles. The Morgan fingerprint density at radius 1 is 1.13 bits per heavy atom. The van der Waals surface area contributed by atoms with Gasteiger partial charge in [-0.3, -0.25) is 4.79 Å². The summed E-state index contributed by atoms with van der Waals surface area (Å²) in [7, 11) is 1.51. The molecule has 0 unspecified atom stereocenters. The van der Waals surface area contributed by atoms with Gasteiger partial charge >= 0.3 is 12.1 Å². The van der Waals surface area contributed by atoms with Crippen LogP contribution < -0.4 is 4.74 Å². The summed E-state index contributed by atoms with van der Waals surface area (Å²) in [5, 5.41) is 20.6. The molecular formula is C26H18F5N5O3. The second kappa shape index (κ2) is 8.82. The molecule has 2 aliphatic rings. The van der Waals surface area contributed by atoms with Gasteiger partial charge in [-0.1, -0.05) is 12.1 Å². The molecule has 0 amide bonds. The number of tetrazole rings is 1. The van der Waals surface area contributed by atoms with E-state index in [1.54, 1.807) is 6.07 Å². The first-order valence-corrected chi connectivity index (χ1v) is 11.8. The van der Waals surface area contributed by atoms with Crippen molar-refractivity contribution < 1.29 is 36.6 Å². The second-order valence-corrected chi connectivity index (χ2v) is 9.55. The fraction of sp³-hybridized carbons (Fsp3) is 0.269. The van der Waals surface area contributed by atoms with Gasteiger partial charge in [-0.2, -0.15) is 18.0 Å². The molecule has 6 rings (SSSR count). The highest BCUT2D eigenvalue weighted by Gasteiger charge is 2.60. The van der Waals surface area contributed by atoms with Gasteiger partial charge in [-0.25, -0.2) is 13.8 Å². The quantitative estimate of drug-likeness (QED) is 0.349. The number of aryl methyl sites for hydroxylation is 1. The third kappa shape index (κ3) is 4.37. The summed E-state index contributed by atoms with van der Waals surface area (Å²) in [5.41, 5.74) is -0.596. The summed E-state index contributed by atoms with van der Waals surface area (Å²) >= 11 is 0. The van der Waals surface area contributed by atoms with E-state index in [0.717, 1.165) is 34.1 Å². The zero-order chi connectivity index (χ0) is 27.6. The van der Waals surface area contributed by atoms with Crippen LogP contribution in [-0.4, -0.2) is 36.3 Å². The summed E-state index contributed by atoms with van der Waals surface area (Å²) in [6, 6.07) is 6.34. The predicted molar refractivity (Wildman–Crippen MR) is 124 cm³/mol.